The minimum atomic E-state index is -0.497. The minimum absolute atomic E-state index is 0.0338. The quantitative estimate of drug-likeness (QED) is 0.568. The number of likely N-dealkylation sites (tertiary alicyclic amines) is 1. The Labute approximate surface area is 186 Å². The van der Waals surface area contributed by atoms with Crippen LogP contribution in [0.15, 0.2) is 48.9 Å². The van der Waals surface area contributed by atoms with Crippen LogP contribution < -0.4 is 4.74 Å². The minimum Gasteiger partial charge on any atom is -0.472 e. The van der Waals surface area contributed by atoms with Crippen LogP contribution in [0.1, 0.15) is 46.0 Å². The van der Waals surface area contributed by atoms with Crippen molar-refractivity contribution in [3.8, 4) is 11.6 Å². The van der Waals surface area contributed by atoms with E-state index < -0.39 is 5.97 Å². The van der Waals surface area contributed by atoms with Crippen molar-refractivity contribution < 1.29 is 19.1 Å². The zero-order chi connectivity index (χ0) is 22.7. The number of aromatic nitrogens is 4. The van der Waals surface area contributed by atoms with E-state index in [1.807, 2.05) is 25.1 Å². The first-order valence-corrected chi connectivity index (χ1v) is 10.5. The van der Waals surface area contributed by atoms with Crippen molar-refractivity contribution in [1.29, 1.82) is 0 Å². The molecule has 0 bridgehead atoms. The maximum atomic E-state index is 13.5. The molecule has 2 aromatic heterocycles. The number of hydrogen-bond acceptors (Lipinski definition) is 7. The second kappa shape index (κ2) is 9.17. The molecule has 3 aromatic rings. The molecule has 0 spiro atoms. The summed E-state index contributed by atoms with van der Waals surface area (Å²) in [7, 11) is 1.33. The fourth-order valence-corrected chi connectivity index (χ4v) is 3.91. The van der Waals surface area contributed by atoms with Gasteiger partial charge in [0.2, 0.25) is 5.88 Å². The van der Waals surface area contributed by atoms with E-state index in [2.05, 4.69) is 15.2 Å². The third kappa shape index (κ3) is 4.18. The highest BCUT2D eigenvalue weighted by molar-refractivity contribution is 5.98. The Kier molecular flexibility index (Phi) is 6.16. The number of nitrogens with zero attached hydrogens (tertiary/aromatic N) is 5. The number of amides is 1. The van der Waals surface area contributed by atoms with E-state index in [0.717, 1.165) is 18.4 Å². The third-order valence-corrected chi connectivity index (χ3v) is 5.66. The molecule has 32 heavy (non-hydrogen) atoms. The number of aryl methyl sites for hydroxylation is 1. The van der Waals surface area contributed by atoms with E-state index >= 15 is 0 Å². The monoisotopic (exact) mass is 435 g/mol. The highest BCUT2D eigenvalue weighted by atomic mass is 16.5. The van der Waals surface area contributed by atoms with Gasteiger partial charge in [-0.25, -0.2) is 9.78 Å². The highest BCUT2D eigenvalue weighted by Gasteiger charge is 2.33. The summed E-state index contributed by atoms with van der Waals surface area (Å²) in [4.78, 5) is 33.2. The standard InChI is InChI=1S/C23H25N5O4/c1-15-10-11-24-21(20(15)23(30)31-3)32-17-9-8-16(2)27(14-17)22(29)18-6-4-5-7-19(18)28-25-12-13-26-28/h4-7,10-13,16-17H,8-9,14H2,1-3H3/t16-,17?/m1/s1. The summed E-state index contributed by atoms with van der Waals surface area (Å²) in [6, 6.07) is 9.02. The smallest absolute Gasteiger partial charge is 0.343 e. The van der Waals surface area contributed by atoms with Crippen LogP contribution >= 0.6 is 0 Å². The Morgan fingerprint density at radius 1 is 1.06 bits per heavy atom. The molecule has 1 unspecified atom stereocenters. The third-order valence-electron chi connectivity index (χ3n) is 5.66. The van der Waals surface area contributed by atoms with Crippen LogP contribution in [-0.2, 0) is 4.74 Å². The van der Waals surface area contributed by atoms with Crippen LogP contribution in [0.4, 0.5) is 0 Å². The van der Waals surface area contributed by atoms with Crippen molar-refractivity contribution in [2.24, 2.45) is 0 Å². The van der Waals surface area contributed by atoms with Crippen molar-refractivity contribution >= 4 is 11.9 Å². The Morgan fingerprint density at radius 3 is 2.56 bits per heavy atom. The number of benzene rings is 1. The fourth-order valence-electron chi connectivity index (χ4n) is 3.91. The van der Waals surface area contributed by atoms with Gasteiger partial charge in [0.25, 0.3) is 5.91 Å². The molecule has 0 saturated carbocycles. The Hall–Kier alpha value is -3.75. The number of carbonyl (C=O) groups is 2. The molecule has 4 rings (SSSR count). The van der Waals surface area contributed by atoms with Crippen molar-refractivity contribution in [1.82, 2.24) is 24.9 Å². The van der Waals surface area contributed by atoms with E-state index in [9.17, 15) is 9.59 Å². The SMILES string of the molecule is COC(=O)c1c(C)ccnc1OC1CC[C@@H](C)N(C(=O)c2ccccc2-n2nccn2)C1. The molecule has 1 aliphatic heterocycles. The first-order valence-electron chi connectivity index (χ1n) is 10.5. The van der Waals surface area contributed by atoms with Crippen LogP contribution in [0.3, 0.4) is 0 Å². The lowest BCUT2D eigenvalue weighted by Crippen LogP contribution is -2.49. The van der Waals surface area contributed by atoms with Gasteiger partial charge in [-0.1, -0.05) is 12.1 Å². The lowest BCUT2D eigenvalue weighted by molar-refractivity contribution is 0.0358. The lowest BCUT2D eigenvalue weighted by Gasteiger charge is -2.38. The summed E-state index contributed by atoms with van der Waals surface area (Å²) in [5.74, 6) is -0.391. The molecular weight excluding hydrogens is 410 g/mol. The zero-order valence-corrected chi connectivity index (χ0v) is 18.3. The summed E-state index contributed by atoms with van der Waals surface area (Å²) in [5.41, 5.74) is 2.16. The highest BCUT2D eigenvalue weighted by Crippen LogP contribution is 2.27. The molecule has 9 nitrogen and oxygen atoms in total. The molecule has 0 N–H and O–H groups in total. The number of para-hydroxylation sites is 1. The van der Waals surface area contributed by atoms with Gasteiger partial charge >= 0.3 is 5.97 Å². The predicted molar refractivity (Wildman–Crippen MR) is 116 cm³/mol. The number of hydrogen-bond donors (Lipinski definition) is 0. The second-order valence-corrected chi connectivity index (χ2v) is 7.76. The molecule has 9 heteroatoms. The average molecular weight is 435 g/mol. The summed E-state index contributed by atoms with van der Waals surface area (Å²) < 4.78 is 11.0. The van der Waals surface area contributed by atoms with Crippen molar-refractivity contribution in [2.75, 3.05) is 13.7 Å². The molecule has 0 radical (unpaired) electrons. The van der Waals surface area contributed by atoms with Crippen molar-refractivity contribution in [3.05, 3.63) is 65.6 Å². The molecule has 1 aliphatic rings. The Morgan fingerprint density at radius 2 is 1.81 bits per heavy atom. The van der Waals surface area contributed by atoms with Crippen LogP contribution in [0.2, 0.25) is 0 Å². The lowest BCUT2D eigenvalue weighted by atomic mass is 9.99. The fraction of sp³-hybridized carbons (Fsp3) is 0.348. The number of pyridine rings is 1. The molecule has 2 atom stereocenters. The summed E-state index contributed by atoms with van der Waals surface area (Å²) in [6.45, 7) is 4.20. The molecule has 166 valence electrons. The maximum Gasteiger partial charge on any atom is 0.343 e. The molecular formula is C23H25N5O4. The first kappa shape index (κ1) is 21.5. The van der Waals surface area contributed by atoms with E-state index in [0.29, 0.717) is 23.4 Å². The number of methoxy groups -OCH3 is 1. The van der Waals surface area contributed by atoms with Crippen LogP contribution in [-0.4, -0.2) is 62.6 Å². The number of carbonyl (C=O) groups excluding carboxylic acids is 2. The Balaban J connectivity index is 1.58. The summed E-state index contributed by atoms with van der Waals surface area (Å²) in [5, 5.41) is 8.33. The van der Waals surface area contributed by atoms with Gasteiger partial charge in [0.05, 0.1) is 37.3 Å². The summed E-state index contributed by atoms with van der Waals surface area (Å²) in [6.07, 6.45) is 5.94. The molecule has 0 aliphatic carbocycles. The van der Waals surface area contributed by atoms with Gasteiger partial charge in [-0.15, -0.1) is 0 Å². The van der Waals surface area contributed by atoms with E-state index in [-0.39, 0.29) is 23.9 Å². The van der Waals surface area contributed by atoms with Gasteiger partial charge < -0.3 is 14.4 Å². The van der Waals surface area contributed by atoms with Crippen LogP contribution in [0.25, 0.3) is 5.69 Å². The largest absolute Gasteiger partial charge is 0.472 e. The molecule has 1 aromatic carbocycles. The molecule has 1 saturated heterocycles. The number of rotatable bonds is 5. The molecule has 3 heterocycles. The van der Waals surface area contributed by atoms with E-state index in [1.54, 1.807) is 42.5 Å². The van der Waals surface area contributed by atoms with Crippen LogP contribution in [0, 0.1) is 6.92 Å². The van der Waals surface area contributed by atoms with Gasteiger partial charge in [0.15, 0.2) is 0 Å². The summed E-state index contributed by atoms with van der Waals surface area (Å²) >= 11 is 0. The number of esters is 1. The average Bonchev–Trinajstić information content (AvgIpc) is 3.34. The van der Waals surface area contributed by atoms with Gasteiger partial charge in [-0.05, 0) is 50.5 Å². The molecule has 1 amide bonds. The van der Waals surface area contributed by atoms with Gasteiger partial charge in [-0.2, -0.15) is 15.0 Å². The van der Waals surface area contributed by atoms with Crippen molar-refractivity contribution in [3.63, 3.8) is 0 Å². The van der Waals surface area contributed by atoms with E-state index in [4.69, 9.17) is 9.47 Å². The molecule has 1 fully saturated rings. The van der Waals surface area contributed by atoms with Gasteiger partial charge in [-0.3, -0.25) is 4.79 Å². The first-order chi connectivity index (χ1) is 15.5. The second-order valence-electron chi connectivity index (χ2n) is 7.76. The normalized spacial score (nSPS) is 18.3. The number of piperidine rings is 1. The van der Waals surface area contributed by atoms with Crippen LogP contribution in [0.5, 0.6) is 5.88 Å². The van der Waals surface area contributed by atoms with Gasteiger partial charge in [0.1, 0.15) is 11.7 Å². The maximum absolute atomic E-state index is 13.5. The predicted octanol–water partition coefficient (Wildman–Crippen LogP) is 2.83. The number of ether oxygens (including phenoxy) is 2. The zero-order valence-electron chi connectivity index (χ0n) is 18.3. The van der Waals surface area contributed by atoms with E-state index in [1.165, 1.54) is 11.9 Å². The van der Waals surface area contributed by atoms with Crippen molar-refractivity contribution in [2.45, 2.75) is 38.8 Å². The van der Waals surface area contributed by atoms with Gasteiger partial charge in [0, 0.05) is 12.2 Å². The topological polar surface area (TPSA) is 99.4 Å². The Bertz CT molecular complexity index is 1120.